The summed E-state index contributed by atoms with van der Waals surface area (Å²) in [6.07, 6.45) is 10.1. The Morgan fingerprint density at radius 2 is 2.00 bits per heavy atom. The first-order valence-electron chi connectivity index (χ1n) is 8.58. The molecule has 0 aliphatic heterocycles. The Kier molecular flexibility index (Phi) is 10.6. The van der Waals surface area contributed by atoms with E-state index in [1.807, 2.05) is 0 Å². The van der Waals surface area contributed by atoms with Crippen molar-refractivity contribution >= 4 is 14.7 Å². The molecule has 1 rings (SSSR count). The molecule has 2 unspecified atom stereocenters. The molecule has 0 radical (unpaired) electrons. The van der Waals surface area contributed by atoms with Crippen molar-refractivity contribution in [3.63, 3.8) is 0 Å². The zero-order valence-electron chi connectivity index (χ0n) is 13.7. The molecule has 1 fully saturated rings. The van der Waals surface area contributed by atoms with Gasteiger partial charge in [-0.05, 0) is 31.6 Å². The maximum atomic E-state index is 12.2. The van der Waals surface area contributed by atoms with Crippen molar-refractivity contribution in [2.45, 2.75) is 77.4 Å². The van der Waals surface area contributed by atoms with Crippen LogP contribution in [0.3, 0.4) is 0 Å². The van der Waals surface area contributed by atoms with Crippen LogP contribution in [0.5, 0.6) is 0 Å². The van der Waals surface area contributed by atoms with Gasteiger partial charge in [0.15, 0.2) is 6.23 Å². The van der Waals surface area contributed by atoms with E-state index in [-0.39, 0.29) is 18.5 Å². The molecule has 0 aromatic heterocycles. The summed E-state index contributed by atoms with van der Waals surface area (Å²) in [5.41, 5.74) is 5.85. The van der Waals surface area contributed by atoms with E-state index in [1.165, 1.54) is 25.7 Å². The SMILES string of the molecule is CCCCCC(N)OC(=O)C(CCC1CCCC1)COP=O. The number of ether oxygens (including phenoxy) is 1. The first-order valence-corrected chi connectivity index (χ1v) is 9.31. The lowest BCUT2D eigenvalue weighted by Crippen LogP contribution is -2.32. The molecule has 0 aromatic carbocycles. The van der Waals surface area contributed by atoms with Crippen molar-refractivity contribution in [3.8, 4) is 0 Å². The van der Waals surface area contributed by atoms with Crippen molar-refractivity contribution in [3.05, 3.63) is 0 Å². The molecule has 0 heterocycles. The molecule has 1 saturated carbocycles. The number of hydrogen-bond acceptors (Lipinski definition) is 5. The van der Waals surface area contributed by atoms with Crippen LogP contribution in [0, 0.1) is 11.8 Å². The van der Waals surface area contributed by atoms with Crippen LogP contribution in [-0.4, -0.2) is 18.8 Å². The van der Waals surface area contributed by atoms with Crippen LogP contribution < -0.4 is 5.73 Å². The molecule has 0 spiro atoms. The smallest absolute Gasteiger partial charge is 0.327 e. The first kappa shape index (κ1) is 19.5. The van der Waals surface area contributed by atoms with E-state index in [2.05, 4.69) is 6.92 Å². The summed E-state index contributed by atoms with van der Waals surface area (Å²) >= 11 is 0. The Hall–Kier alpha value is -0.510. The number of esters is 1. The lowest BCUT2D eigenvalue weighted by atomic mass is 9.95. The molecular weight excluding hydrogens is 301 g/mol. The van der Waals surface area contributed by atoms with Crippen molar-refractivity contribution in [2.75, 3.05) is 6.61 Å². The van der Waals surface area contributed by atoms with Crippen LogP contribution in [0.2, 0.25) is 0 Å². The lowest BCUT2D eigenvalue weighted by Gasteiger charge is -2.19. The predicted molar refractivity (Wildman–Crippen MR) is 86.4 cm³/mol. The third kappa shape index (κ3) is 8.21. The summed E-state index contributed by atoms with van der Waals surface area (Å²) in [7, 11) is -0.393. The molecule has 5 nitrogen and oxygen atoms in total. The summed E-state index contributed by atoms with van der Waals surface area (Å²) in [6.45, 7) is 2.26. The van der Waals surface area contributed by atoms with E-state index in [4.69, 9.17) is 15.0 Å². The van der Waals surface area contributed by atoms with Gasteiger partial charge in [-0.3, -0.25) is 15.1 Å². The molecule has 22 heavy (non-hydrogen) atoms. The molecule has 0 amide bonds. The van der Waals surface area contributed by atoms with Gasteiger partial charge in [0.05, 0.1) is 12.5 Å². The Balaban J connectivity index is 2.35. The molecule has 6 heteroatoms. The fraction of sp³-hybridized carbons (Fsp3) is 0.938. The van der Waals surface area contributed by atoms with Gasteiger partial charge in [0.25, 0.3) is 0 Å². The van der Waals surface area contributed by atoms with Crippen LogP contribution in [0.15, 0.2) is 0 Å². The van der Waals surface area contributed by atoms with E-state index in [1.54, 1.807) is 0 Å². The monoisotopic (exact) mass is 331 g/mol. The van der Waals surface area contributed by atoms with Gasteiger partial charge in [0.1, 0.15) is 0 Å². The largest absolute Gasteiger partial charge is 0.447 e. The number of nitrogens with two attached hydrogens (primary N) is 1. The molecule has 0 aromatic rings. The predicted octanol–water partition coefficient (Wildman–Crippen LogP) is 4.20. The second kappa shape index (κ2) is 12.0. The molecule has 2 atom stereocenters. The summed E-state index contributed by atoms with van der Waals surface area (Å²) in [5, 5.41) is 0. The molecular formula is C16H30NO4P. The second-order valence-corrected chi connectivity index (χ2v) is 6.67. The van der Waals surface area contributed by atoms with E-state index < -0.39 is 14.9 Å². The standard InChI is InChI=1S/C16H30NO4P/c1-2-3-4-9-15(17)21-16(18)14(12-20-22-19)11-10-13-7-5-6-8-13/h13-15H,2-12,17H2,1H3. The van der Waals surface area contributed by atoms with Crippen LogP contribution in [0.4, 0.5) is 0 Å². The Morgan fingerprint density at radius 1 is 1.27 bits per heavy atom. The van der Waals surface area contributed by atoms with Crippen molar-refractivity contribution in [1.82, 2.24) is 0 Å². The third-order valence-electron chi connectivity index (χ3n) is 4.42. The number of unbranched alkanes of at least 4 members (excludes halogenated alkanes) is 2. The minimum absolute atomic E-state index is 0.137. The van der Waals surface area contributed by atoms with Crippen molar-refractivity contribution in [2.24, 2.45) is 17.6 Å². The van der Waals surface area contributed by atoms with E-state index >= 15 is 0 Å². The van der Waals surface area contributed by atoms with Crippen molar-refractivity contribution < 1.29 is 18.6 Å². The summed E-state index contributed by atoms with van der Waals surface area (Å²) in [5.74, 6) is 0.0308. The van der Waals surface area contributed by atoms with Gasteiger partial charge in [-0.15, -0.1) is 0 Å². The zero-order valence-corrected chi connectivity index (χ0v) is 14.6. The minimum atomic E-state index is -0.544. The maximum absolute atomic E-state index is 12.2. The number of carbonyl (C=O) groups excluding carboxylic acids is 1. The van der Waals surface area contributed by atoms with E-state index in [0.717, 1.165) is 32.1 Å². The molecule has 128 valence electrons. The average Bonchev–Trinajstić information content (AvgIpc) is 3.00. The highest BCUT2D eigenvalue weighted by molar-refractivity contribution is 7.17. The lowest BCUT2D eigenvalue weighted by molar-refractivity contribution is -0.155. The van der Waals surface area contributed by atoms with Crippen molar-refractivity contribution in [1.29, 1.82) is 0 Å². The number of rotatable bonds is 12. The maximum Gasteiger partial charge on any atom is 0.327 e. The molecule has 2 N–H and O–H groups in total. The highest BCUT2D eigenvalue weighted by atomic mass is 31.1. The summed E-state index contributed by atoms with van der Waals surface area (Å²) in [6, 6.07) is 0. The normalized spacial score (nSPS) is 18.5. The average molecular weight is 331 g/mol. The highest BCUT2D eigenvalue weighted by Crippen LogP contribution is 2.30. The van der Waals surface area contributed by atoms with Gasteiger partial charge in [-0.25, -0.2) is 4.57 Å². The topological polar surface area (TPSA) is 78.6 Å². The van der Waals surface area contributed by atoms with Gasteiger partial charge in [0.2, 0.25) is 0 Å². The zero-order chi connectivity index (χ0) is 16.2. The fourth-order valence-corrected chi connectivity index (χ4v) is 3.27. The van der Waals surface area contributed by atoms with Crippen LogP contribution >= 0.6 is 8.69 Å². The van der Waals surface area contributed by atoms with Gasteiger partial charge in [-0.1, -0.05) is 45.4 Å². The Morgan fingerprint density at radius 3 is 2.64 bits per heavy atom. The Bertz CT molecular complexity index is 321. The molecule has 0 bridgehead atoms. The second-order valence-electron chi connectivity index (χ2n) is 6.27. The highest BCUT2D eigenvalue weighted by Gasteiger charge is 2.25. The molecule has 1 aliphatic carbocycles. The summed E-state index contributed by atoms with van der Waals surface area (Å²) < 4.78 is 20.7. The quantitative estimate of drug-likeness (QED) is 0.251. The van der Waals surface area contributed by atoms with E-state index in [0.29, 0.717) is 12.3 Å². The van der Waals surface area contributed by atoms with Crippen LogP contribution in [-0.2, 0) is 18.6 Å². The Labute approximate surface area is 135 Å². The number of carbonyl (C=O) groups is 1. The van der Waals surface area contributed by atoms with Gasteiger partial charge < -0.3 is 4.74 Å². The molecule has 0 saturated heterocycles. The minimum Gasteiger partial charge on any atom is -0.447 e. The number of hydrogen-bond donors (Lipinski definition) is 1. The van der Waals surface area contributed by atoms with E-state index in [9.17, 15) is 9.36 Å². The molecule has 1 aliphatic rings. The first-order chi connectivity index (χ1) is 10.7. The van der Waals surface area contributed by atoms with Gasteiger partial charge in [-0.2, -0.15) is 0 Å². The van der Waals surface area contributed by atoms with Gasteiger partial charge >= 0.3 is 14.7 Å². The third-order valence-corrected chi connectivity index (χ3v) is 4.67. The summed E-state index contributed by atoms with van der Waals surface area (Å²) in [4.78, 5) is 12.2. The fourth-order valence-electron chi connectivity index (χ4n) is 3.03. The van der Waals surface area contributed by atoms with Crippen LogP contribution in [0.1, 0.15) is 71.1 Å². The van der Waals surface area contributed by atoms with Gasteiger partial charge in [0, 0.05) is 0 Å². The van der Waals surface area contributed by atoms with Crippen LogP contribution in [0.25, 0.3) is 0 Å².